The molecule has 0 N–H and O–H groups in total. The maximum Gasteiger partial charge on any atom is 0.343 e. The second-order valence-corrected chi connectivity index (χ2v) is 2.20. The topological polar surface area (TPSA) is 48.4 Å². The van der Waals surface area contributed by atoms with Crippen LogP contribution in [0, 0.1) is 5.82 Å². The molecule has 1 rings (SSSR count). The Morgan fingerprint density at radius 3 is 2.77 bits per heavy atom. The number of rotatable bonds is 2. The lowest BCUT2D eigenvalue weighted by molar-refractivity contribution is 0.0595. The summed E-state index contributed by atoms with van der Waals surface area (Å²) < 4.78 is 21.8. The minimum atomic E-state index is -0.677. The van der Waals surface area contributed by atoms with E-state index in [-0.39, 0.29) is 11.4 Å². The molecule has 1 heterocycles. The zero-order chi connectivity index (χ0) is 9.84. The van der Waals surface area contributed by atoms with Crippen molar-refractivity contribution in [3.63, 3.8) is 0 Å². The zero-order valence-electron chi connectivity index (χ0n) is 7.20. The Kier molecular flexibility index (Phi) is 2.79. The molecule has 0 unspecified atom stereocenters. The van der Waals surface area contributed by atoms with Crippen LogP contribution in [-0.2, 0) is 4.74 Å². The van der Waals surface area contributed by atoms with E-state index in [9.17, 15) is 9.18 Å². The average molecular weight is 185 g/mol. The van der Waals surface area contributed by atoms with Crippen molar-refractivity contribution < 1.29 is 18.7 Å². The van der Waals surface area contributed by atoms with Crippen LogP contribution in [0.5, 0.6) is 5.88 Å². The summed E-state index contributed by atoms with van der Waals surface area (Å²) in [6.07, 6.45) is 0.964. The second kappa shape index (κ2) is 3.84. The van der Waals surface area contributed by atoms with Gasteiger partial charge in [0.15, 0.2) is 0 Å². The van der Waals surface area contributed by atoms with Crippen molar-refractivity contribution in [1.82, 2.24) is 4.98 Å². The molecule has 0 saturated heterocycles. The molecule has 1 aromatic rings. The van der Waals surface area contributed by atoms with Gasteiger partial charge in [0.25, 0.3) is 0 Å². The van der Waals surface area contributed by atoms with Gasteiger partial charge in [-0.3, -0.25) is 0 Å². The molecule has 0 radical (unpaired) electrons. The van der Waals surface area contributed by atoms with Gasteiger partial charge in [0.1, 0.15) is 11.4 Å². The number of esters is 1. The highest BCUT2D eigenvalue weighted by Gasteiger charge is 2.14. The third kappa shape index (κ3) is 1.93. The number of pyridine rings is 1. The molecule has 1 aromatic heterocycles. The van der Waals surface area contributed by atoms with Gasteiger partial charge in [-0.25, -0.2) is 14.2 Å². The molecular weight excluding hydrogens is 177 g/mol. The molecule has 0 fully saturated rings. The minimum Gasteiger partial charge on any atom is -0.480 e. The Bertz CT molecular complexity index is 327. The van der Waals surface area contributed by atoms with Crippen LogP contribution in [0.2, 0.25) is 0 Å². The van der Waals surface area contributed by atoms with Crippen molar-refractivity contribution in [3.8, 4) is 5.88 Å². The third-order valence-corrected chi connectivity index (χ3v) is 1.42. The molecular formula is C8H8FNO3. The predicted molar refractivity (Wildman–Crippen MR) is 42.1 cm³/mol. The Morgan fingerprint density at radius 1 is 1.54 bits per heavy atom. The van der Waals surface area contributed by atoms with Gasteiger partial charge in [0.2, 0.25) is 5.88 Å². The number of carbonyl (C=O) groups is 1. The Morgan fingerprint density at radius 2 is 2.23 bits per heavy atom. The second-order valence-electron chi connectivity index (χ2n) is 2.20. The number of ether oxygens (including phenoxy) is 2. The Balaban J connectivity index is 3.15. The molecule has 4 nitrogen and oxygen atoms in total. The van der Waals surface area contributed by atoms with Crippen LogP contribution < -0.4 is 4.74 Å². The van der Waals surface area contributed by atoms with Gasteiger partial charge in [-0.2, -0.15) is 0 Å². The van der Waals surface area contributed by atoms with E-state index >= 15 is 0 Å². The minimum absolute atomic E-state index is 0.0231. The van der Waals surface area contributed by atoms with E-state index in [0.717, 1.165) is 12.3 Å². The van der Waals surface area contributed by atoms with Crippen LogP contribution in [0.3, 0.4) is 0 Å². The number of carbonyl (C=O) groups excluding carboxylic acids is 1. The van der Waals surface area contributed by atoms with Gasteiger partial charge in [-0.05, 0) is 6.07 Å². The largest absolute Gasteiger partial charge is 0.480 e. The number of hydrogen-bond acceptors (Lipinski definition) is 4. The molecule has 0 saturated carbocycles. The van der Waals surface area contributed by atoms with Crippen molar-refractivity contribution in [2.24, 2.45) is 0 Å². The first-order chi connectivity index (χ1) is 6.19. The van der Waals surface area contributed by atoms with Crippen molar-refractivity contribution >= 4 is 5.97 Å². The summed E-state index contributed by atoms with van der Waals surface area (Å²) in [6.45, 7) is 0. The van der Waals surface area contributed by atoms with Gasteiger partial charge >= 0.3 is 5.97 Å². The maximum absolute atomic E-state index is 12.7. The SMILES string of the molecule is COC(=O)c1cc(F)cnc1OC. The number of hydrogen-bond donors (Lipinski definition) is 0. The van der Waals surface area contributed by atoms with E-state index < -0.39 is 11.8 Å². The van der Waals surface area contributed by atoms with Crippen molar-refractivity contribution in [2.45, 2.75) is 0 Å². The van der Waals surface area contributed by atoms with Crippen LogP contribution in [0.4, 0.5) is 4.39 Å². The average Bonchev–Trinajstić information content (AvgIpc) is 2.16. The highest BCUT2D eigenvalue weighted by Crippen LogP contribution is 2.16. The summed E-state index contributed by atoms with van der Waals surface area (Å²) in [7, 11) is 2.54. The van der Waals surface area contributed by atoms with E-state index in [1.165, 1.54) is 14.2 Å². The lowest BCUT2D eigenvalue weighted by Crippen LogP contribution is -2.06. The van der Waals surface area contributed by atoms with Crippen molar-refractivity contribution in [1.29, 1.82) is 0 Å². The summed E-state index contributed by atoms with van der Waals surface area (Å²) in [6, 6.07) is 1.01. The van der Waals surface area contributed by atoms with Crippen LogP contribution >= 0.6 is 0 Å². The number of nitrogens with zero attached hydrogens (tertiary/aromatic N) is 1. The van der Waals surface area contributed by atoms with Crippen LogP contribution in [0.15, 0.2) is 12.3 Å². The van der Waals surface area contributed by atoms with Crippen molar-refractivity contribution in [2.75, 3.05) is 14.2 Å². The molecule has 0 aliphatic rings. The molecule has 0 aliphatic carbocycles. The highest BCUT2D eigenvalue weighted by molar-refractivity contribution is 5.91. The first kappa shape index (κ1) is 9.44. The third-order valence-electron chi connectivity index (χ3n) is 1.42. The monoisotopic (exact) mass is 185 g/mol. The van der Waals surface area contributed by atoms with Crippen LogP contribution in [-0.4, -0.2) is 25.2 Å². The highest BCUT2D eigenvalue weighted by atomic mass is 19.1. The Hall–Kier alpha value is -1.65. The standard InChI is InChI=1S/C8H8FNO3/c1-12-7-6(8(11)13-2)3-5(9)4-10-7/h3-4H,1-2H3. The fraction of sp³-hybridized carbons (Fsp3) is 0.250. The van der Waals surface area contributed by atoms with Gasteiger partial charge in [0, 0.05) is 0 Å². The lowest BCUT2D eigenvalue weighted by atomic mass is 10.3. The number of methoxy groups -OCH3 is 2. The molecule has 0 amide bonds. The summed E-state index contributed by atoms with van der Waals surface area (Å²) in [4.78, 5) is 14.6. The number of halogens is 1. The van der Waals surface area contributed by atoms with Crippen LogP contribution in [0.1, 0.15) is 10.4 Å². The lowest BCUT2D eigenvalue weighted by Gasteiger charge is -2.04. The van der Waals surface area contributed by atoms with Gasteiger partial charge in [-0.15, -0.1) is 0 Å². The van der Waals surface area contributed by atoms with Gasteiger partial charge in [0.05, 0.1) is 20.4 Å². The van der Waals surface area contributed by atoms with Gasteiger partial charge in [-0.1, -0.05) is 0 Å². The zero-order valence-corrected chi connectivity index (χ0v) is 7.20. The van der Waals surface area contributed by atoms with E-state index in [0.29, 0.717) is 0 Å². The summed E-state index contributed by atoms with van der Waals surface area (Å²) in [5, 5.41) is 0. The quantitative estimate of drug-likeness (QED) is 0.645. The van der Waals surface area contributed by atoms with E-state index in [1.807, 2.05) is 0 Å². The molecule has 0 spiro atoms. The van der Waals surface area contributed by atoms with Crippen LogP contribution in [0.25, 0.3) is 0 Å². The molecule has 5 heteroatoms. The fourth-order valence-corrected chi connectivity index (χ4v) is 0.846. The van der Waals surface area contributed by atoms with E-state index in [4.69, 9.17) is 4.74 Å². The first-order valence-electron chi connectivity index (χ1n) is 3.47. The molecule has 0 atom stereocenters. The van der Waals surface area contributed by atoms with E-state index in [2.05, 4.69) is 9.72 Å². The number of aromatic nitrogens is 1. The Labute approximate surface area is 74.3 Å². The molecule has 70 valence electrons. The van der Waals surface area contributed by atoms with Crippen molar-refractivity contribution in [3.05, 3.63) is 23.6 Å². The predicted octanol–water partition coefficient (Wildman–Crippen LogP) is 1.02. The smallest absolute Gasteiger partial charge is 0.343 e. The normalized spacial score (nSPS) is 9.46. The van der Waals surface area contributed by atoms with E-state index in [1.54, 1.807) is 0 Å². The molecule has 0 bridgehead atoms. The molecule has 0 aliphatic heterocycles. The molecule has 13 heavy (non-hydrogen) atoms. The molecule has 0 aromatic carbocycles. The maximum atomic E-state index is 12.7. The first-order valence-corrected chi connectivity index (χ1v) is 3.47. The fourth-order valence-electron chi connectivity index (χ4n) is 0.846. The van der Waals surface area contributed by atoms with Gasteiger partial charge < -0.3 is 9.47 Å². The summed E-state index contributed by atoms with van der Waals surface area (Å²) >= 11 is 0. The summed E-state index contributed by atoms with van der Waals surface area (Å²) in [5.41, 5.74) is -0.0231. The summed E-state index contributed by atoms with van der Waals surface area (Å²) in [5.74, 6) is -1.24.